The van der Waals surface area contributed by atoms with Crippen molar-refractivity contribution in [3.8, 4) is 73.2 Å². The molecule has 69 heavy (non-hydrogen) atoms. The molecule has 0 aliphatic rings. The zero-order chi connectivity index (χ0) is 45.4. The molecule has 322 valence electrons. The maximum absolute atomic E-state index is 7.07. The molecule has 0 aliphatic carbocycles. The summed E-state index contributed by atoms with van der Waals surface area (Å²) in [6.45, 7) is 0. The first-order valence-corrected chi connectivity index (χ1v) is 23.2. The third-order valence-corrected chi connectivity index (χ3v) is 13.5. The minimum Gasteiger partial charge on any atom is -0.456 e. The number of para-hydroxylation sites is 3. The van der Waals surface area contributed by atoms with E-state index in [1.807, 2.05) is 60.7 Å². The highest BCUT2D eigenvalue weighted by Crippen LogP contribution is 2.47. The summed E-state index contributed by atoms with van der Waals surface area (Å²) in [7, 11) is 0. The first-order chi connectivity index (χ1) is 34.2. The van der Waals surface area contributed by atoms with Crippen LogP contribution in [0, 0.1) is 0 Å². The third-order valence-electron chi connectivity index (χ3n) is 13.5. The standard InChI is InChI=1S/C63H38N4O2/c1-4-16-39(17-5-1)41-30-32-43(33-31-41)62-64-61(42-20-8-3-9-21-42)65-63(66-62)50-26-15-29-55-57(50)49-25-14-24-47(60(49)69-55)46-35-37-56-58(48-23-11-13-28-54(48)68-56)59(46)67-52-27-12-10-22-45(52)51-38-44(34-36-53(51)67)40-18-6-2-7-19-40/h1-38H. The zero-order valence-corrected chi connectivity index (χ0v) is 37.0. The molecular formula is C63H38N4O2. The van der Waals surface area contributed by atoms with E-state index in [4.69, 9.17) is 23.8 Å². The Balaban J connectivity index is 1.00. The molecule has 14 aromatic rings. The van der Waals surface area contributed by atoms with Crippen LogP contribution in [0.15, 0.2) is 239 Å². The number of nitrogens with zero attached hydrogens (tertiary/aromatic N) is 4. The number of benzene rings is 10. The van der Waals surface area contributed by atoms with E-state index in [2.05, 4.69) is 174 Å². The molecule has 14 rings (SSSR count). The minimum atomic E-state index is 0.567. The van der Waals surface area contributed by atoms with Crippen LogP contribution >= 0.6 is 0 Å². The number of rotatable bonds is 7. The second-order valence-electron chi connectivity index (χ2n) is 17.5. The van der Waals surface area contributed by atoms with Crippen molar-refractivity contribution in [2.75, 3.05) is 0 Å². The summed E-state index contributed by atoms with van der Waals surface area (Å²) in [6, 6.07) is 80.3. The van der Waals surface area contributed by atoms with Crippen molar-refractivity contribution < 1.29 is 8.83 Å². The van der Waals surface area contributed by atoms with Crippen LogP contribution in [0.1, 0.15) is 0 Å². The van der Waals surface area contributed by atoms with Crippen molar-refractivity contribution >= 4 is 65.7 Å². The molecule has 4 heterocycles. The van der Waals surface area contributed by atoms with Crippen LogP contribution in [-0.4, -0.2) is 19.5 Å². The van der Waals surface area contributed by atoms with E-state index in [0.717, 1.165) is 99.5 Å². The van der Waals surface area contributed by atoms with Gasteiger partial charge in [0, 0.05) is 54.7 Å². The highest BCUT2D eigenvalue weighted by molar-refractivity contribution is 6.20. The Morgan fingerprint density at radius 1 is 0.290 bits per heavy atom. The summed E-state index contributed by atoms with van der Waals surface area (Å²) in [4.78, 5) is 15.5. The van der Waals surface area contributed by atoms with Gasteiger partial charge < -0.3 is 13.4 Å². The van der Waals surface area contributed by atoms with Crippen molar-refractivity contribution in [1.29, 1.82) is 0 Å². The Morgan fingerprint density at radius 2 is 0.812 bits per heavy atom. The van der Waals surface area contributed by atoms with Gasteiger partial charge in [-0.05, 0) is 64.7 Å². The van der Waals surface area contributed by atoms with Gasteiger partial charge in [0.25, 0.3) is 0 Å². The lowest BCUT2D eigenvalue weighted by Gasteiger charge is -2.16. The average Bonchev–Trinajstić information content (AvgIpc) is 4.11. The lowest BCUT2D eigenvalue weighted by Crippen LogP contribution is -2.00. The third kappa shape index (κ3) is 6.30. The van der Waals surface area contributed by atoms with E-state index in [-0.39, 0.29) is 0 Å². The van der Waals surface area contributed by atoms with E-state index in [0.29, 0.717) is 17.5 Å². The second-order valence-corrected chi connectivity index (χ2v) is 17.5. The van der Waals surface area contributed by atoms with Gasteiger partial charge in [-0.1, -0.05) is 188 Å². The summed E-state index contributed by atoms with van der Waals surface area (Å²) in [5.74, 6) is 1.76. The van der Waals surface area contributed by atoms with Crippen LogP contribution in [0.25, 0.3) is 139 Å². The van der Waals surface area contributed by atoms with Crippen molar-refractivity contribution in [1.82, 2.24) is 19.5 Å². The molecule has 10 aromatic carbocycles. The van der Waals surface area contributed by atoms with Crippen LogP contribution in [0.3, 0.4) is 0 Å². The van der Waals surface area contributed by atoms with Crippen LogP contribution in [0.5, 0.6) is 0 Å². The van der Waals surface area contributed by atoms with E-state index in [9.17, 15) is 0 Å². The molecule has 4 aromatic heterocycles. The summed E-state index contributed by atoms with van der Waals surface area (Å²) in [5, 5.41) is 6.33. The van der Waals surface area contributed by atoms with Gasteiger partial charge in [0.05, 0.1) is 22.1 Å². The molecule has 0 bridgehead atoms. The Labute approximate surface area is 396 Å². The summed E-state index contributed by atoms with van der Waals surface area (Å²) < 4.78 is 16.1. The molecule has 0 saturated heterocycles. The van der Waals surface area contributed by atoms with Gasteiger partial charge in [0.15, 0.2) is 17.5 Å². The Bertz CT molecular complexity index is 4290. The average molecular weight is 883 g/mol. The highest BCUT2D eigenvalue weighted by Gasteiger charge is 2.25. The predicted octanol–water partition coefficient (Wildman–Crippen LogP) is 16.8. The van der Waals surface area contributed by atoms with E-state index in [1.54, 1.807) is 0 Å². The fourth-order valence-electron chi connectivity index (χ4n) is 10.3. The summed E-state index contributed by atoms with van der Waals surface area (Å²) in [5.41, 5.74) is 15.7. The molecule has 0 atom stereocenters. The van der Waals surface area contributed by atoms with Crippen LogP contribution in [-0.2, 0) is 0 Å². The number of fused-ring (bicyclic) bond motifs is 9. The largest absolute Gasteiger partial charge is 0.456 e. The van der Waals surface area contributed by atoms with Crippen LogP contribution in [0.4, 0.5) is 0 Å². The van der Waals surface area contributed by atoms with E-state index >= 15 is 0 Å². The zero-order valence-electron chi connectivity index (χ0n) is 37.0. The summed E-state index contributed by atoms with van der Waals surface area (Å²) >= 11 is 0. The van der Waals surface area contributed by atoms with Crippen LogP contribution < -0.4 is 0 Å². The molecule has 0 saturated carbocycles. The van der Waals surface area contributed by atoms with Gasteiger partial charge in [-0.2, -0.15) is 0 Å². The Kier molecular flexibility index (Phi) is 8.79. The maximum Gasteiger partial charge on any atom is 0.164 e. The molecule has 0 aliphatic heterocycles. The lowest BCUT2D eigenvalue weighted by molar-refractivity contribution is 0.668. The monoisotopic (exact) mass is 882 g/mol. The van der Waals surface area contributed by atoms with Crippen molar-refractivity contribution in [2.24, 2.45) is 0 Å². The van der Waals surface area contributed by atoms with Gasteiger partial charge in [0.2, 0.25) is 0 Å². The number of hydrogen-bond donors (Lipinski definition) is 0. The second kappa shape index (κ2) is 15.6. The molecule has 6 heteroatoms. The highest BCUT2D eigenvalue weighted by atomic mass is 16.3. The van der Waals surface area contributed by atoms with Crippen molar-refractivity contribution in [2.45, 2.75) is 0 Å². The minimum absolute atomic E-state index is 0.567. The van der Waals surface area contributed by atoms with E-state index in [1.165, 1.54) is 21.9 Å². The molecule has 0 unspecified atom stereocenters. The maximum atomic E-state index is 7.07. The quantitative estimate of drug-likeness (QED) is 0.159. The number of furan rings is 2. The topological polar surface area (TPSA) is 69.9 Å². The fourth-order valence-corrected chi connectivity index (χ4v) is 10.3. The molecule has 0 radical (unpaired) electrons. The lowest BCUT2D eigenvalue weighted by atomic mass is 9.96. The number of aromatic nitrogens is 4. The number of hydrogen-bond acceptors (Lipinski definition) is 5. The summed E-state index contributed by atoms with van der Waals surface area (Å²) in [6.07, 6.45) is 0. The first kappa shape index (κ1) is 38.8. The molecule has 0 fully saturated rings. The molecule has 0 N–H and O–H groups in total. The van der Waals surface area contributed by atoms with Gasteiger partial charge in [-0.3, -0.25) is 0 Å². The predicted molar refractivity (Wildman–Crippen MR) is 281 cm³/mol. The van der Waals surface area contributed by atoms with Gasteiger partial charge in [-0.15, -0.1) is 0 Å². The molecule has 6 nitrogen and oxygen atoms in total. The normalized spacial score (nSPS) is 11.8. The first-order valence-electron chi connectivity index (χ1n) is 23.2. The van der Waals surface area contributed by atoms with Gasteiger partial charge in [-0.25, -0.2) is 15.0 Å². The smallest absolute Gasteiger partial charge is 0.164 e. The van der Waals surface area contributed by atoms with Crippen molar-refractivity contribution in [3.63, 3.8) is 0 Å². The molecule has 0 spiro atoms. The Hall–Kier alpha value is -9.39. The molecule has 0 amide bonds. The van der Waals surface area contributed by atoms with Crippen LogP contribution in [0.2, 0.25) is 0 Å². The van der Waals surface area contributed by atoms with Gasteiger partial charge >= 0.3 is 0 Å². The Morgan fingerprint density at radius 3 is 1.58 bits per heavy atom. The fraction of sp³-hybridized carbons (Fsp3) is 0. The molecular weight excluding hydrogens is 845 g/mol. The van der Waals surface area contributed by atoms with E-state index < -0.39 is 0 Å². The SMILES string of the molecule is c1ccc(-c2ccc(-c3nc(-c4ccccc4)nc(-c4cccc5oc6c(-c7ccc8oc9ccccc9c8c7-n7c8ccccc8c8cc(-c9ccccc9)ccc87)cccc6c45)n3)cc2)cc1. The van der Waals surface area contributed by atoms with Gasteiger partial charge in [0.1, 0.15) is 22.3 Å². The van der Waals surface area contributed by atoms with Crippen molar-refractivity contribution in [3.05, 3.63) is 231 Å².